The maximum Gasteiger partial charge on any atom is 0.0847 e. The number of unbranched alkanes of at least 4 members (excludes halogenated alkanes) is 3. The molecule has 0 fully saturated rings. The fourth-order valence-electron chi connectivity index (χ4n) is 1.41. The molecule has 0 bridgehead atoms. The minimum Gasteiger partial charge on any atom is -0.237 e. The second kappa shape index (κ2) is 11.4. The monoisotopic (exact) mass is 230 g/mol. The average molecular weight is 230 g/mol. The standard InChI is InChI=1S/C14H30O2/c1-5-14(4)12-16-15-11-9-7-6-8-10-13(2)3/h13-14H,5-12H2,1-4H3. The Labute approximate surface area is 102 Å². The lowest BCUT2D eigenvalue weighted by Crippen LogP contribution is -2.06. The minimum absolute atomic E-state index is 0.603. The van der Waals surface area contributed by atoms with Gasteiger partial charge < -0.3 is 0 Å². The molecule has 0 saturated carbocycles. The molecule has 0 aliphatic rings. The van der Waals surface area contributed by atoms with E-state index in [1.54, 1.807) is 0 Å². The first-order valence-electron chi connectivity index (χ1n) is 6.91. The summed E-state index contributed by atoms with van der Waals surface area (Å²) in [6, 6.07) is 0. The molecule has 1 atom stereocenters. The molecular weight excluding hydrogens is 200 g/mol. The molecule has 0 radical (unpaired) electrons. The van der Waals surface area contributed by atoms with Gasteiger partial charge in [0.1, 0.15) is 0 Å². The van der Waals surface area contributed by atoms with E-state index in [2.05, 4.69) is 27.7 Å². The van der Waals surface area contributed by atoms with Gasteiger partial charge in [-0.1, -0.05) is 59.8 Å². The third-order valence-corrected chi connectivity index (χ3v) is 2.89. The molecule has 0 aromatic carbocycles. The lowest BCUT2D eigenvalue weighted by Gasteiger charge is -2.08. The molecule has 2 nitrogen and oxygen atoms in total. The van der Waals surface area contributed by atoms with Gasteiger partial charge in [-0.2, -0.15) is 0 Å². The summed E-state index contributed by atoms with van der Waals surface area (Å²) in [5.74, 6) is 1.45. The van der Waals surface area contributed by atoms with Gasteiger partial charge in [-0.3, -0.25) is 0 Å². The first-order valence-corrected chi connectivity index (χ1v) is 6.91. The van der Waals surface area contributed by atoms with Crippen LogP contribution in [0.1, 0.15) is 66.2 Å². The first-order chi connectivity index (χ1) is 7.66. The molecule has 0 N–H and O–H groups in total. The quantitative estimate of drug-likeness (QED) is 0.294. The zero-order chi connectivity index (χ0) is 12.2. The van der Waals surface area contributed by atoms with E-state index in [1.165, 1.54) is 25.7 Å². The third kappa shape index (κ3) is 12.0. The summed E-state index contributed by atoms with van der Waals surface area (Å²) in [5.41, 5.74) is 0. The van der Waals surface area contributed by atoms with Crippen LogP contribution in [0.25, 0.3) is 0 Å². The third-order valence-electron chi connectivity index (χ3n) is 2.89. The predicted molar refractivity (Wildman–Crippen MR) is 69.3 cm³/mol. The van der Waals surface area contributed by atoms with Crippen LogP contribution in [0.3, 0.4) is 0 Å². The minimum atomic E-state index is 0.603. The second-order valence-corrected chi connectivity index (χ2v) is 5.22. The summed E-state index contributed by atoms with van der Waals surface area (Å²) in [5, 5.41) is 0. The van der Waals surface area contributed by atoms with E-state index in [9.17, 15) is 0 Å². The SMILES string of the molecule is CCC(C)COOCCCCCCC(C)C. The highest BCUT2D eigenvalue weighted by Gasteiger charge is 1.99. The van der Waals surface area contributed by atoms with E-state index < -0.39 is 0 Å². The van der Waals surface area contributed by atoms with Gasteiger partial charge in [0, 0.05) is 0 Å². The molecule has 0 aromatic rings. The topological polar surface area (TPSA) is 18.5 Å². The molecule has 0 spiro atoms. The Kier molecular flexibility index (Phi) is 11.3. The maximum absolute atomic E-state index is 5.13. The smallest absolute Gasteiger partial charge is 0.0847 e. The van der Waals surface area contributed by atoms with Crippen molar-refractivity contribution < 1.29 is 9.78 Å². The van der Waals surface area contributed by atoms with Gasteiger partial charge >= 0.3 is 0 Å². The highest BCUT2D eigenvalue weighted by atomic mass is 17.2. The molecule has 0 aliphatic heterocycles. The highest BCUT2D eigenvalue weighted by Crippen LogP contribution is 2.09. The molecule has 0 saturated heterocycles. The van der Waals surface area contributed by atoms with Crippen LogP contribution >= 0.6 is 0 Å². The molecule has 0 amide bonds. The largest absolute Gasteiger partial charge is 0.237 e. The van der Waals surface area contributed by atoms with Crippen LogP contribution in [-0.2, 0) is 9.78 Å². The Bertz CT molecular complexity index is 135. The molecule has 0 rings (SSSR count). The summed E-state index contributed by atoms with van der Waals surface area (Å²) in [7, 11) is 0. The lowest BCUT2D eigenvalue weighted by atomic mass is 10.0. The summed E-state index contributed by atoms with van der Waals surface area (Å²) < 4.78 is 0. The van der Waals surface area contributed by atoms with Gasteiger partial charge in [-0.05, 0) is 18.3 Å². The first kappa shape index (κ1) is 15.9. The number of rotatable bonds is 11. The van der Waals surface area contributed by atoms with Gasteiger partial charge in [0.2, 0.25) is 0 Å². The van der Waals surface area contributed by atoms with Crippen LogP contribution in [0.2, 0.25) is 0 Å². The van der Waals surface area contributed by atoms with Gasteiger partial charge in [0.05, 0.1) is 13.2 Å². The van der Waals surface area contributed by atoms with Gasteiger partial charge in [0.15, 0.2) is 0 Å². The summed E-state index contributed by atoms with van der Waals surface area (Å²) in [6.07, 6.45) is 7.57. The second-order valence-electron chi connectivity index (χ2n) is 5.22. The van der Waals surface area contributed by atoms with E-state index in [1.807, 2.05) is 0 Å². The molecule has 16 heavy (non-hydrogen) atoms. The van der Waals surface area contributed by atoms with E-state index in [-0.39, 0.29) is 0 Å². The molecule has 0 aromatic heterocycles. The van der Waals surface area contributed by atoms with Crippen LogP contribution in [0.15, 0.2) is 0 Å². The van der Waals surface area contributed by atoms with Crippen LogP contribution in [0.5, 0.6) is 0 Å². The maximum atomic E-state index is 5.13. The molecule has 0 aliphatic carbocycles. The van der Waals surface area contributed by atoms with Crippen molar-refractivity contribution in [3.8, 4) is 0 Å². The fraction of sp³-hybridized carbons (Fsp3) is 1.00. The Hall–Kier alpha value is -0.0800. The highest BCUT2D eigenvalue weighted by molar-refractivity contribution is 4.47. The van der Waals surface area contributed by atoms with Crippen molar-refractivity contribution in [2.45, 2.75) is 66.2 Å². The Balaban J connectivity index is 2.99. The fourth-order valence-corrected chi connectivity index (χ4v) is 1.41. The average Bonchev–Trinajstić information content (AvgIpc) is 2.26. The molecular formula is C14H30O2. The summed E-state index contributed by atoms with van der Waals surface area (Å²) in [6.45, 7) is 10.4. The van der Waals surface area contributed by atoms with Crippen molar-refractivity contribution >= 4 is 0 Å². The van der Waals surface area contributed by atoms with Crippen molar-refractivity contribution in [1.82, 2.24) is 0 Å². The van der Waals surface area contributed by atoms with Gasteiger partial charge in [-0.15, -0.1) is 0 Å². The normalized spacial score (nSPS) is 13.3. The zero-order valence-electron chi connectivity index (χ0n) is 11.6. The van der Waals surface area contributed by atoms with Gasteiger partial charge in [-0.25, -0.2) is 9.78 Å². The molecule has 1 unspecified atom stereocenters. The van der Waals surface area contributed by atoms with Crippen molar-refractivity contribution in [3.63, 3.8) is 0 Å². The van der Waals surface area contributed by atoms with Crippen molar-refractivity contribution in [1.29, 1.82) is 0 Å². The van der Waals surface area contributed by atoms with Crippen LogP contribution in [0, 0.1) is 11.8 Å². The molecule has 2 heteroatoms. The van der Waals surface area contributed by atoms with Crippen molar-refractivity contribution in [2.24, 2.45) is 11.8 Å². The molecule has 98 valence electrons. The molecule has 0 heterocycles. The van der Waals surface area contributed by atoms with E-state index in [0.717, 1.165) is 32.0 Å². The van der Waals surface area contributed by atoms with E-state index in [4.69, 9.17) is 9.78 Å². The lowest BCUT2D eigenvalue weighted by molar-refractivity contribution is -0.301. The van der Waals surface area contributed by atoms with Gasteiger partial charge in [0.25, 0.3) is 0 Å². The van der Waals surface area contributed by atoms with Crippen LogP contribution in [0.4, 0.5) is 0 Å². The summed E-state index contributed by atoms with van der Waals surface area (Å²) >= 11 is 0. The van der Waals surface area contributed by atoms with Crippen LogP contribution < -0.4 is 0 Å². The summed E-state index contributed by atoms with van der Waals surface area (Å²) in [4.78, 5) is 10.3. The van der Waals surface area contributed by atoms with Crippen LogP contribution in [-0.4, -0.2) is 13.2 Å². The predicted octanol–water partition coefficient (Wildman–Crippen LogP) is 4.59. The Morgan fingerprint density at radius 2 is 1.56 bits per heavy atom. The zero-order valence-corrected chi connectivity index (χ0v) is 11.6. The van der Waals surface area contributed by atoms with Crippen molar-refractivity contribution in [3.05, 3.63) is 0 Å². The van der Waals surface area contributed by atoms with E-state index in [0.29, 0.717) is 5.92 Å². The number of hydrogen-bond acceptors (Lipinski definition) is 2. The van der Waals surface area contributed by atoms with Crippen molar-refractivity contribution in [2.75, 3.05) is 13.2 Å². The Morgan fingerprint density at radius 3 is 2.19 bits per heavy atom. The number of hydrogen-bond donors (Lipinski definition) is 0. The Morgan fingerprint density at radius 1 is 0.875 bits per heavy atom. The van der Waals surface area contributed by atoms with E-state index >= 15 is 0 Å².